The van der Waals surface area contributed by atoms with E-state index in [1.165, 1.54) is 16.0 Å². The number of benzene rings is 1. The molecular formula is C15H19NOS. The molecule has 1 unspecified atom stereocenters. The van der Waals surface area contributed by atoms with Gasteiger partial charge in [0.25, 0.3) is 0 Å². The van der Waals surface area contributed by atoms with E-state index in [4.69, 9.17) is 4.74 Å². The van der Waals surface area contributed by atoms with Gasteiger partial charge in [0, 0.05) is 4.88 Å². The van der Waals surface area contributed by atoms with Gasteiger partial charge in [-0.25, -0.2) is 0 Å². The van der Waals surface area contributed by atoms with Crippen LogP contribution in [0, 0.1) is 6.92 Å². The third kappa shape index (κ3) is 2.74. The fourth-order valence-electron chi connectivity index (χ4n) is 2.12. The van der Waals surface area contributed by atoms with Crippen LogP contribution in [-0.4, -0.2) is 13.7 Å². The molecule has 0 amide bonds. The van der Waals surface area contributed by atoms with Crippen molar-refractivity contribution in [3.8, 4) is 5.75 Å². The summed E-state index contributed by atoms with van der Waals surface area (Å²) >= 11 is 1.79. The molecule has 1 atom stereocenters. The SMILES string of the molecule is CCNC(c1ccc(OC)c(C)c1)c1cccs1. The zero-order chi connectivity index (χ0) is 13.0. The first kappa shape index (κ1) is 13.1. The standard InChI is InChI=1S/C15H19NOS/c1-4-16-15(14-6-5-9-18-14)12-7-8-13(17-3)11(2)10-12/h5-10,15-16H,4H2,1-3H3. The van der Waals surface area contributed by atoms with Crippen molar-refractivity contribution in [2.45, 2.75) is 19.9 Å². The van der Waals surface area contributed by atoms with Gasteiger partial charge in [0.05, 0.1) is 13.2 Å². The summed E-state index contributed by atoms with van der Waals surface area (Å²) in [5.41, 5.74) is 2.46. The van der Waals surface area contributed by atoms with E-state index >= 15 is 0 Å². The second-order valence-electron chi connectivity index (χ2n) is 4.24. The molecule has 2 aromatic rings. The first-order valence-corrected chi connectivity index (χ1v) is 7.05. The maximum Gasteiger partial charge on any atom is 0.121 e. The summed E-state index contributed by atoms with van der Waals surface area (Å²) < 4.78 is 5.31. The van der Waals surface area contributed by atoms with Crippen LogP contribution in [0.3, 0.4) is 0 Å². The van der Waals surface area contributed by atoms with E-state index in [-0.39, 0.29) is 6.04 Å². The maximum absolute atomic E-state index is 5.31. The highest BCUT2D eigenvalue weighted by molar-refractivity contribution is 7.10. The lowest BCUT2D eigenvalue weighted by Gasteiger charge is -2.18. The smallest absolute Gasteiger partial charge is 0.121 e. The van der Waals surface area contributed by atoms with Crippen LogP contribution in [0.1, 0.15) is 29.0 Å². The molecule has 1 N–H and O–H groups in total. The van der Waals surface area contributed by atoms with Crippen LogP contribution >= 0.6 is 11.3 Å². The number of aryl methyl sites for hydroxylation is 1. The number of ether oxygens (including phenoxy) is 1. The molecule has 18 heavy (non-hydrogen) atoms. The van der Waals surface area contributed by atoms with E-state index < -0.39 is 0 Å². The molecule has 0 saturated carbocycles. The number of thiophene rings is 1. The molecular weight excluding hydrogens is 242 g/mol. The molecule has 1 aromatic carbocycles. The van der Waals surface area contributed by atoms with Gasteiger partial charge >= 0.3 is 0 Å². The van der Waals surface area contributed by atoms with Gasteiger partial charge in [-0.05, 0) is 42.1 Å². The minimum Gasteiger partial charge on any atom is -0.496 e. The van der Waals surface area contributed by atoms with Crippen LogP contribution in [0.4, 0.5) is 0 Å². The van der Waals surface area contributed by atoms with Crippen LogP contribution in [0.5, 0.6) is 5.75 Å². The topological polar surface area (TPSA) is 21.3 Å². The van der Waals surface area contributed by atoms with Crippen molar-refractivity contribution in [2.75, 3.05) is 13.7 Å². The van der Waals surface area contributed by atoms with Crippen LogP contribution in [0.2, 0.25) is 0 Å². The van der Waals surface area contributed by atoms with Crippen molar-refractivity contribution in [1.82, 2.24) is 5.32 Å². The minimum absolute atomic E-state index is 0.277. The van der Waals surface area contributed by atoms with Crippen LogP contribution in [0.25, 0.3) is 0 Å². The summed E-state index contributed by atoms with van der Waals surface area (Å²) in [7, 11) is 1.71. The Balaban J connectivity index is 2.34. The Morgan fingerprint density at radius 2 is 2.17 bits per heavy atom. The Morgan fingerprint density at radius 3 is 2.72 bits per heavy atom. The van der Waals surface area contributed by atoms with Crippen molar-refractivity contribution in [2.24, 2.45) is 0 Å². The molecule has 2 nitrogen and oxygen atoms in total. The van der Waals surface area contributed by atoms with Crippen molar-refractivity contribution < 1.29 is 4.74 Å². The predicted molar refractivity (Wildman–Crippen MR) is 77.6 cm³/mol. The Kier molecular flexibility index (Phi) is 4.39. The maximum atomic E-state index is 5.31. The quantitative estimate of drug-likeness (QED) is 0.884. The normalized spacial score (nSPS) is 12.4. The average Bonchev–Trinajstić information content (AvgIpc) is 2.89. The molecule has 0 aliphatic carbocycles. The van der Waals surface area contributed by atoms with Crippen LogP contribution in [-0.2, 0) is 0 Å². The highest BCUT2D eigenvalue weighted by atomic mass is 32.1. The fraction of sp³-hybridized carbons (Fsp3) is 0.333. The highest BCUT2D eigenvalue weighted by Gasteiger charge is 2.14. The summed E-state index contributed by atoms with van der Waals surface area (Å²) in [6, 6.07) is 10.9. The highest BCUT2D eigenvalue weighted by Crippen LogP contribution is 2.29. The van der Waals surface area contributed by atoms with E-state index in [1.54, 1.807) is 18.4 Å². The molecule has 0 spiro atoms. The molecule has 0 aliphatic rings. The summed E-state index contributed by atoms with van der Waals surface area (Å²) in [5, 5.41) is 5.66. The summed E-state index contributed by atoms with van der Waals surface area (Å²) in [6.07, 6.45) is 0. The number of methoxy groups -OCH3 is 1. The van der Waals surface area contributed by atoms with E-state index in [0.29, 0.717) is 0 Å². The van der Waals surface area contributed by atoms with Gasteiger partial charge in [-0.15, -0.1) is 11.3 Å². The molecule has 0 radical (unpaired) electrons. The molecule has 0 saturated heterocycles. The Bertz CT molecular complexity index is 493. The lowest BCUT2D eigenvalue weighted by atomic mass is 10.0. The summed E-state index contributed by atoms with van der Waals surface area (Å²) in [4.78, 5) is 1.35. The molecule has 3 heteroatoms. The van der Waals surface area contributed by atoms with E-state index in [0.717, 1.165) is 12.3 Å². The largest absolute Gasteiger partial charge is 0.496 e. The number of nitrogens with one attached hydrogen (secondary N) is 1. The zero-order valence-corrected chi connectivity index (χ0v) is 11.9. The molecule has 1 aromatic heterocycles. The molecule has 0 aliphatic heterocycles. The fourth-order valence-corrected chi connectivity index (χ4v) is 2.95. The van der Waals surface area contributed by atoms with Gasteiger partial charge in [0.2, 0.25) is 0 Å². The third-order valence-electron chi connectivity index (χ3n) is 2.99. The van der Waals surface area contributed by atoms with E-state index in [9.17, 15) is 0 Å². The first-order chi connectivity index (χ1) is 8.76. The monoisotopic (exact) mass is 261 g/mol. The summed E-state index contributed by atoms with van der Waals surface area (Å²) in [6.45, 7) is 5.17. The van der Waals surface area contributed by atoms with Crippen molar-refractivity contribution in [1.29, 1.82) is 0 Å². The van der Waals surface area contributed by atoms with Gasteiger partial charge < -0.3 is 10.1 Å². The second kappa shape index (κ2) is 6.03. The van der Waals surface area contributed by atoms with Crippen molar-refractivity contribution >= 4 is 11.3 Å². The average molecular weight is 261 g/mol. The molecule has 96 valence electrons. The lowest BCUT2D eigenvalue weighted by molar-refractivity contribution is 0.411. The molecule has 1 heterocycles. The van der Waals surface area contributed by atoms with Crippen LogP contribution in [0.15, 0.2) is 35.7 Å². The van der Waals surface area contributed by atoms with Gasteiger partial charge in [-0.1, -0.05) is 25.1 Å². The number of hydrogen-bond donors (Lipinski definition) is 1. The van der Waals surface area contributed by atoms with Crippen LogP contribution < -0.4 is 10.1 Å². The van der Waals surface area contributed by atoms with Gasteiger partial charge in [0.1, 0.15) is 5.75 Å². The van der Waals surface area contributed by atoms with E-state index in [1.807, 2.05) is 6.07 Å². The molecule has 2 rings (SSSR count). The van der Waals surface area contributed by atoms with Crippen molar-refractivity contribution in [3.63, 3.8) is 0 Å². The van der Waals surface area contributed by atoms with Gasteiger partial charge in [-0.2, -0.15) is 0 Å². The van der Waals surface area contributed by atoms with Gasteiger partial charge in [0.15, 0.2) is 0 Å². The third-order valence-corrected chi connectivity index (χ3v) is 3.93. The minimum atomic E-state index is 0.277. The Morgan fingerprint density at radius 1 is 1.33 bits per heavy atom. The Labute approximate surface area is 113 Å². The molecule has 0 bridgehead atoms. The van der Waals surface area contributed by atoms with E-state index in [2.05, 4.69) is 48.8 Å². The summed E-state index contributed by atoms with van der Waals surface area (Å²) in [5.74, 6) is 0.945. The number of hydrogen-bond acceptors (Lipinski definition) is 3. The predicted octanol–water partition coefficient (Wildman–Crippen LogP) is 3.76. The van der Waals surface area contributed by atoms with Crippen molar-refractivity contribution in [3.05, 3.63) is 51.7 Å². The lowest BCUT2D eigenvalue weighted by Crippen LogP contribution is -2.21. The zero-order valence-electron chi connectivity index (χ0n) is 11.1. The molecule has 0 fully saturated rings. The van der Waals surface area contributed by atoms with Gasteiger partial charge in [-0.3, -0.25) is 0 Å². The first-order valence-electron chi connectivity index (χ1n) is 6.17. The number of rotatable bonds is 5. The Hall–Kier alpha value is -1.32. The second-order valence-corrected chi connectivity index (χ2v) is 5.21.